The first-order valence-corrected chi connectivity index (χ1v) is 9.74. The molecule has 0 aliphatic rings. The van der Waals surface area contributed by atoms with Gasteiger partial charge in [-0.25, -0.2) is 0 Å². The van der Waals surface area contributed by atoms with Crippen LogP contribution in [0.2, 0.25) is 30.1 Å². The van der Waals surface area contributed by atoms with Crippen molar-refractivity contribution in [1.29, 1.82) is 5.26 Å². The van der Waals surface area contributed by atoms with E-state index in [0.29, 0.717) is 58.1 Å². The van der Waals surface area contributed by atoms with Gasteiger partial charge in [0.1, 0.15) is 0 Å². The van der Waals surface area contributed by atoms with Gasteiger partial charge < -0.3 is 0 Å². The molecule has 0 unspecified atom stereocenters. The smallest absolute Gasteiger partial charge is 0.0721 e. The summed E-state index contributed by atoms with van der Waals surface area (Å²) in [6, 6.07) is 10.3. The van der Waals surface area contributed by atoms with Gasteiger partial charge in [0, 0.05) is 22.9 Å². The fraction of sp³-hybridized carbons (Fsp3) is 0.0526. The van der Waals surface area contributed by atoms with Gasteiger partial charge in [-0.2, -0.15) is 5.26 Å². The molecule has 136 valence electrons. The fourth-order valence-electron chi connectivity index (χ4n) is 2.57. The van der Waals surface area contributed by atoms with Crippen molar-refractivity contribution in [2.45, 2.75) is 6.42 Å². The quantitative estimate of drug-likeness (QED) is 0.356. The first kappa shape index (κ1) is 20.6. The van der Waals surface area contributed by atoms with E-state index in [1.165, 1.54) is 0 Å². The first-order valence-electron chi connectivity index (χ1n) is 7.47. The fourth-order valence-corrected chi connectivity index (χ4v) is 3.86. The lowest BCUT2D eigenvalue weighted by Gasteiger charge is -2.13. The summed E-state index contributed by atoms with van der Waals surface area (Å²) in [4.78, 5) is 4.46. The van der Waals surface area contributed by atoms with Gasteiger partial charge in [-0.15, -0.1) is 0 Å². The van der Waals surface area contributed by atoms with Crippen LogP contribution in [-0.2, 0) is 6.42 Å². The summed E-state index contributed by atoms with van der Waals surface area (Å²) in [5, 5.41) is 11.5. The lowest BCUT2D eigenvalue weighted by atomic mass is 9.98. The lowest BCUT2D eigenvalue weighted by molar-refractivity contribution is 1.22. The van der Waals surface area contributed by atoms with E-state index in [0.717, 1.165) is 0 Å². The number of pyridine rings is 1. The molecule has 2 nitrogen and oxygen atoms in total. The van der Waals surface area contributed by atoms with E-state index in [-0.39, 0.29) is 6.42 Å². The van der Waals surface area contributed by atoms with Crippen LogP contribution >= 0.6 is 69.6 Å². The Morgan fingerprint density at radius 2 is 1.19 bits per heavy atom. The third-order valence-electron chi connectivity index (χ3n) is 3.85. The highest BCUT2D eigenvalue weighted by Crippen LogP contribution is 2.39. The zero-order valence-electron chi connectivity index (χ0n) is 13.3. The minimum Gasteiger partial charge on any atom is -0.256 e. The van der Waals surface area contributed by atoms with Crippen molar-refractivity contribution in [3.05, 3.63) is 72.2 Å². The van der Waals surface area contributed by atoms with Crippen molar-refractivity contribution in [3.63, 3.8) is 0 Å². The minimum absolute atomic E-state index is 0.139. The van der Waals surface area contributed by atoms with Crippen LogP contribution in [0, 0.1) is 11.3 Å². The molecule has 0 saturated carbocycles. The minimum atomic E-state index is 0.139. The summed E-state index contributed by atoms with van der Waals surface area (Å²) in [6.45, 7) is 0. The molecule has 0 N–H and O–H groups in total. The van der Waals surface area contributed by atoms with Gasteiger partial charge in [-0.3, -0.25) is 4.98 Å². The van der Waals surface area contributed by atoms with Gasteiger partial charge in [0.15, 0.2) is 0 Å². The highest BCUT2D eigenvalue weighted by molar-refractivity contribution is 6.44. The Morgan fingerprint density at radius 3 is 1.78 bits per heavy atom. The summed E-state index contributed by atoms with van der Waals surface area (Å²) in [5.41, 5.74) is 3.20. The maximum atomic E-state index is 9.24. The first-order chi connectivity index (χ1) is 12.8. The SMILES string of the molecule is N#CCc1cc(-c2cc(Cl)c(Cl)cc2Cl)ncc1-c1cc(Cl)c(Cl)cc1Cl. The van der Waals surface area contributed by atoms with Gasteiger partial charge >= 0.3 is 0 Å². The highest BCUT2D eigenvalue weighted by Gasteiger charge is 2.16. The molecule has 3 rings (SSSR count). The molecule has 1 heterocycles. The third kappa shape index (κ3) is 4.30. The molecule has 0 bridgehead atoms. The van der Waals surface area contributed by atoms with Crippen LogP contribution in [0.3, 0.4) is 0 Å². The second kappa shape index (κ2) is 8.45. The number of hydrogen-bond donors (Lipinski definition) is 0. The summed E-state index contributed by atoms with van der Waals surface area (Å²) in [7, 11) is 0. The van der Waals surface area contributed by atoms with E-state index in [1.807, 2.05) is 0 Å². The third-order valence-corrected chi connectivity index (χ3v) is 5.91. The summed E-state index contributed by atoms with van der Waals surface area (Å²) >= 11 is 36.8. The van der Waals surface area contributed by atoms with Gasteiger partial charge in [-0.1, -0.05) is 69.6 Å². The average Bonchev–Trinajstić information content (AvgIpc) is 2.62. The Kier molecular flexibility index (Phi) is 6.43. The number of nitriles is 1. The standard InChI is InChI=1S/C19H8Cl6N2/c20-13-6-17(24)15(22)4-10(13)12-8-27-19(3-9(12)1-2-26)11-5-16(23)18(25)7-14(11)21/h3-8H,1H2. The Bertz CT molecular complexity index is 1090. The number of nitrogens with zero attached hydrogens (tertiary/aromatic N) is 2. The van der Waals surface area contributed by atoms with Gasteiger partial charge in [0.2, 0.25) is 0 Å². The topological polar surface area (TPSA) is 36.7 Å². The zero-order chi connectivity index (χ0) is 19.7. The van der Waals surface area contributed by atoms with Gasteiger partial charge in [0.25, 0.3) is 0 Å². The molecule has 0 aliphatic heterocycles. The maximum Gasteiger partial charge on any atom is 0.0721 e. The molecule has 27 heavy (non-hydrogen) atoms. The molecule has 8 heteroatoms. The number of rotatable bonds is 3. The molecule has 1 aromatic heterocycles. The average molecular weight is 477 g/mol. The Labute approximate surface area is 186 Å². The molecule has 0 atom stereocenters. The molecule has 0 radical (unpaired) electrons. The van der Waals surface area contributed by atoms with Crippen molar-refractivity contribution in [1.82, 2.24) is 4.98 Å². The summed E-state index contributed by atoms with van der Waals surface area (Å²) in [5.74, 6) is 0. The Balaban J connectivity index is 2.19. The van der Waals surface area contributed by atoms with E-state index in [9.17, 15) is 5.26 Å². The van der Waals surface area contributed by atoms with Gasteiger partial charge in [0.05, 0.1) is 48.3 Å². The van der Waals surface area contributed by atoms with E-state index in [4.69, 9.17) is 69.6 Å². The molecule has 0 aliphatic carbocycles. The van der Waals surface area contributed by atoms with Crippen LogP contribution in [0.15, 0.2) is 36.5 Å². The predicted molar refractivity (Wildman–Crippen MR) is 114 cm³/mol. The van der Waals surface area contributed by atoms with Crippen molar-refractivity contribution < 1.29 is 0 Å². The van der Waals surface area contributed by atoms with E-state index in [2.05, 4.69) is 11.1 Å². The predicted octanol–water partition coefficient (Wildman–Crippen LogP) is 8.40. The maximum absolute atomic E-state index is 9.24. The van der Waals surface area contributed by atoms with E-state index >= 15 is 0 Å². The molecule has 0 amide bonds. The highest BCUT2D eigenvalue weighted by atomic mass is 35.5. The second-order valence-corrected chi connectivity index (χ2v) is 8.00. The van der Waals surface area contributed by atoms with Crippen molar-refractivity contribution in [3.8, 4) is 28.5 Å². The van der Waals surface area contributed by atoms with E-state index < -0.39 is 0 Å². The number of halogens is 6. The summed E-state index contributed by atoms with van der Waals surface area (Å²) in [6.07, 6.45) is 1.76. The molecule has 0 spiro atoms. The van der Waals surface area contributed by atoms with Crippen LogP contribution in [0.5, 0.6) is 0 Å². The normalized spacial score (nSPS) is 10.7. The van der Waals surface area contributed by atoms with Crippen LogP contribution in [0.1, 0.15) is 5.56 Å². The number of benzene rings is 2. The van der Waals surface area contributed by atoms with Crippen molar-refractivity contribution in [2.24, 2.45) is 0 Å². The molecular formula is C19H8Cl6N2. The summed E-state index contributed by atoms with van der Waals surface area (Å²) < 4.78 is 0. The zero-order valence-corrected chi connectivity index (χ0v) is 17.9. The van der Waals surface area contributed by atoms with Crippen molar-refractivity contribution in [2.75, 3.05) is 0 Å². The number of aromatic nitrogens is 1. The molecule has 3 aromatic rings. The lowest BCUT2D eigenvalue weighted by Crippen LogP contribution is -1.95. The second-order valence-electron chi connectivity index (χ2n) is 5.55. The largest absolute Gasteiger partial charge is 0.256 e. The number of hydrogen-bond acceptors (Lipinski definition) is 2. The van der Waals surface area contributed by atoms with Crippen LogP contribution < -0.4 is 0 Å². The Hall–Kier alpha value is -1.18. The molecule has 2 aromatic carbocycles. The van der Waals surface area contributed by atoms with Crippen LogP contribution in [0.4, 0.5) is 0 Å². The monoisotopic (exact) mass is 474 g/mol. The van der Waals surface area contributed by atoms with Crippen LogP contribution in [-0.4, -0.2) is 4.98 Å². The van der Waals surface area contributed by atoms with Crippen LogP contribution in [0.25, 0.3) is 22.4 Å². The Morgan fingerprint density at radius 1 is 0.667 bits per heavy atom. The van der Waals surface area contributed by atoms with Crippen molar-refractivity contribution >= 4 is 69.6 Å². The molecule has 0 saturated heterocycles. The van der Waals surface area contributed by atoms with E-state index in [1.54, 1.807) is 36.5 Å². The molecule has 0 fully saturated rings. The molecular weight excluding hydrogens is 469 g/mol. The van der Waals surface area contributed by atoms with Gasteiger partial charge in [-0.05, 0) is 35.9 Å².